The maximum atomic E-state index is 12.9. The summed E-state index contributed by atoms with van der Waals surface area (Å²) in [4.78, 5) is 27.6. The number of carbonyl (C=O) groups excluding carboxylic acids is 2. The van der Waals surface area contributed by atoms with Crippen molar-refractivity contribution in [3.63, 3.8) is 0 Å². The molecule has 1 fully saturated rings. The largest absolute Gasteiger partial charge is 0.466 e. The Morgan fingerprint density at radius 3 is 1.68 bits per heavy atom. The van der Waals surface area contributed by atoms with Crippen molar-refractivity contribution in [2.45, 2.75) is 226 Å². The monoisotopic (exact) mass is 708 g/mol. The first-order valence-corrected chi connectivity index (χ1v) is 22.2. The molecule has 0 spiro atoms. The van der Waals surface area contributed by atoms with E-state index < -0.39 is 0 Å². The summed E-state index contributed by atoms with van der Waals surface area (Å²) in [5.74, 6) is 1.30. The number of piperidine rings is 1. The number of esters is 2. The fraction of sp³-hybridized carbons (Fsp3) is 0.955. The van der Waals surface area contributed by atoms with Crippen molar-refractivity contribution >= 4 is 11.9 Å². The lowest BCUT2D eigenvalue weighted by Gasteiger charge is -2.39. The molecule has 1 heterocycles. The Morgan fingerprint density at radius 1 is 0.600 bits per heavy atom. The number of ether oxygens (including phenoxy) is 2. The third-order valence-corrected chi connectivity index (χ3v) is 11.1. The minimum Gasteiger partial charge on any atom is -0.466 e. The quantitative estimate of drug-likeness (QED) is 0.0516. The molecule has 1 rings (SSSR count). The molecule has 6 nitrogen and oxygen atoms in total. The molecule has 0 aromatic carbocycles. The minimum absolute atomic E-state index is 0.0116. The topological polar surface area (TPSA) is 76.1 Å². The smallest absolute Gasteiger partial charge is 0.306 e. The van der Waals surface area contributed by atoms with Gasteiger partial charge in [-0.3, -0.25) is 9.59 Å². The van der Waals surface area contributed by atoms with Crippen molar-refractivity contribution in [3.8, 4) is 0 Å². The Hall–Kier alpha value is -1.14. The van der Waals surface area contributed by atoms with E-state index in [4.69, 9.17) is 9.47 Å². The average molecular weight is 708 g/mol. The van der Waals surface area contributed by atoms with Gasteiger partial charge in [-0.15, -0.1) is 0 Å². The van der Waals surface area contributed by atoms with E-state index in [1.807, 2.05) is 0 Å². The Kier molecular flexibility index (Phi) is 32.7. The molecular weight excluding hydrogens is 622 g/mol. The van der Waals surface area contributed by atoms with Crippen LogP contribution < -0.4 is 0 Å². The molecule has 1 N–H and O–H groups in total. The molecule has 2 unspecified atom stereocenters. The van der Waals surface area contributed by atoms with Crippen LogP contribution in [0.3, 0.4) is 0 Å². The van der Waals surface area contributed by atoms with Crippen LogP contribution in [-0.2, 0) is 19.1 Å². The molecule has 0 aromatic heterocycles. The van der Waals surface area contributed by atoms with Gasteiger partial charge in [0.1, 0.15) is 6.10 Å². The normalized spacial score (nSPS) is 16.7. The van der Waals surface area contributed by atoms with Crippen molar-refractivity contribution in [2.24, 2.45) is 11.8 Å². The van der Waals surface area contributed by atoms with Crippen molar-refractivity contribution in [1.82, 2.24) is 4.90 Å². The molecule has 0 saturated carbocycles. The van der Waals surface area contributed by atoms with Crippen LogP contribution in [0.4, 0.5) is 0 Å². The van der Waals surface area contributed by atoms with Gasteiger partial charge in [-0.2, -0.15) is 0 Å². The number of likely N-dealkylation sites (tertiary alicyclic amines) is 1. The first-order valence-electron chi connectivity index (χ1n) is 22.2. The molecule has 0 radical (unpaired) electrons. The predicted octanol–water partition coefficient (Wildman–Crippen LogP) is 12.1. The van der Waals surface area contributed by atoms with E-state index in [1.54, 1.807) is 0 Å². The molecule has 50 heavy (non-hydrogen) atoms. The van der Waals surface area contributed by atoms with Crippen LogP contribution >= 0.6 is 0 Å². The highest BCUT2D eigenvalue weighted by atomic mass is 16.5. The SMILES string of the molecule is CCCCCCCCCOC(=O)CCCCC1CCN(CCO)CC1CCCCCC(=O)OC(CCCCCCCC)CCCCCCCC. The number of rotatable bonds is 36. The third-order valence-electron chi connectivity index (χ3n) is 11.1. The van der Waals surface area contributed by atoms with Gasteiger partial charge in [0, 0.05) is 25.9 Å². The highest BCUT2D eigenvalue weighted by Gasteiger charge is 2.28. The van der Waals surface area contributed by atoms with Crippen molar-refractivity contribution < 1.29 is 24.2 Å². The molecule has 1 aliphatic heterocycles. The van der Waals surface area contributed by atoms with Gasteiger partial charge < -0.3 is 19.5 Å². The van der Waals surface area contributed by atoms with Crippen LogP contribution in [0, 0.1) is 11.8 Å². The van der Waals surface area contributed by atoms with Gasteiger partial charge in [-0.1, -0.05) is 149 Å². The Bertz CT molecular complexity index is 745. The van der Waals surface area contributed by atoms with Crippen LogP contribution in [0.2, 0.25) is 0 Å². The molecule has 6 heteroatoms. The van der Waals surface area contributed by atoms with E-state index in [9.17, 15) is 14.7 Å². The Morgan fingerprint density at radius 2 is 1.08 bits per heavy atom. The van der Waals surface area contributed by atoms with E-state index in [0.717, 1.165) is 77.4 Å². The number of aliphatic hydroxyl groups is 1. The maximum absolute atomic E-state index is 12.9. The summed E-state index contributed by atoms with van der Waals surface area (Å²) in [6, 6.07) is 0. The summed E-state index contributed by atoms with van der Waals surface area (Å²) in [6.45, 7) is 10.5. The lowest BCUT2D eigenvalue weighted by molar-refractivity contribution is -0.150. The highest BCUT2D eigenvalue weighted by molar-refractivity contribution is 5.69. The van der Waals surface area contributed by atoms with Crippen molar-refractivity contribution in [1.29, 1.82) is 0 Å². The first-order chi connectivity index (χ1) is 24.5. The van der Waals surface area contributed by atoms with E-state index in [-0.39, 0.29) is 24.6 Å². The number of nitrogens with zero attached hydrogens (tertiary/aromatic N) is 1. The zero-order chi connectivity index (χ0) is 36.3. The number of β-amino-alcohol motifs (C(OH)–C–C–N with tert-alkyl or cyclic N) is 1. The molecule has 1 aliphatic rings. The standard InChI is InChI=1S/C44H85NO5/c1-4-7-10-13-16-19-27-38-49-43(47)32-26-25-28-40-34-35-45(36-37-46)39-41(40)29-21-20-24-33-44(48)50-42(30-22-17-14-11-8-5-2)31-23-18-15-12-9-6-3/h40-42,46H,4-39H2,1-3H3. The molecule has 0 bridgehead atoms. The van der Waals surface area contributed by atoms with Gasteiger partial charge in [-0.25, -0.2) is 0 Å². The fourth-order valence-electron chi connectivity index (χ4n) is 7.87. The Labute approximate surface area is 311 Å². The molecule has 0 amide bonds. The summed E-state index contributed by atoms with van der Waals surface area (Å²) in [7, 11) is 0. The summed E-state index contributed by atoms with van der Waals surface area (Å²) >= 11 is 0. The van der Waals surface area contributed by atoms with E-state index in [0.29, 0.717) is 31.3 Å². The average Bonchev–Trinajstić information content (AvgIpc) is 3.11. The van der Waals surface area contributed by atoms with Gasteiger partial charge in [0.15, 0.2) is 0 Å². The predicted molar refractivity (Wildman–Crippen MR) is 211 cm³/mol. The first kappa shape index (κ1) is 46.9. The van der Waals surface area contributed by atoms with Gasteiger partial charge in [0.05, 0.1) is 13.2 Å². The van der Waals surface area contributed by atoms with Crippen LogP contribution in [0.15, 0.2) is 0 Å². The van der Waals surface area contributed by atoms with Crippen LogP contribution in [0.1, 0.15) is 220 Å². The molecule has 0 aromatic rings. The number of unbranched alkanes of at least 4 members (excludes halogenated alkanes) is 19. The van der Waals surface area contributed by atoms with Gasteiger partial charge >= 0.3 is 11.9 Å². The molecule has 1 saturated heterocycles. The second kappa shape index (κ2) is 34.9. The Balaban J connectivity index is 2.34. The number of carbonyl (C=O) groups is 2. The van der Waals surface area contributed by atoms with Gasteiger partial charge in [0.25, 0.3) is 0 Å². The minimum atomic E-state index is -0.0278. The second-order valence-corrected chi connectivity index (χ2v) is 15.7. The zero-order valence-electron chi connectivity index (χ0n) is 33.7. The summed E-state index contributed by atoms with van der Waals surface area (Å²) in [5, 5.41) is 9.55. The third kappa shape index (κ3) is 27.5. The molecule has 0 aliphatic carbocycles. The van der Waals surface area contributed by atoms with Gasteiger partial charge in [-0.05, 0) is 76.2 Å². The van der Waals surface area contributed by atoms with Crippen molar-refractivity contribution in [2.75, 3.05) is 32.8 Å². The molecular formula is C44H85NO5. The van der Waals surface area contributed by atoms with Crippen molar-refractivity contribution in [3.05, 3.63) is 0 Å². The summed E-state index contributed by atoms with van der Waals surface area (Å²) < 4.78 is 11.6. The van der Waals surface area contributed by atoms with E-state index in [1.165, 1.54) is 128 Å². The van der Waals surface area contributed by atoms with E-state index in [2.05, 4.69) is 25.7 Å². The fourth-order valence-corrected chi connectivity index (χ4v) is 7.87. The molecule has 296 valence electrons. The maximum Gasteiger partial charge on any atom is 0.306 e. The van der Waals surface area contributed by atoms with Gasteiger partial charge in [0.2, 0.25) is 0 Å². The van der Waals surface area contributed by atoms with E-state index >= 15 is 0 Å². The zero-order valence-corrected chi connectivity index (χ0v) is 33.7. The number of aliphatic hydroxyl groups excluding tert-OH is 1. The van der Waals surface area contributed by atoms with Crippen LogP contribution in [-0.4, -0.2) is 60.9 Å². The molecule has 2 atom stereocenters. The highest BCUT2D eigenvalue weighted by Crippen LogP contribution is 2.32. The summed E-state index contributed by atoms with van der Waals surface area (Å²) in [6.07, 6.45) is 35.9. The lowest BCUT2D eigenvalue weighted by atomic mass is 9.79. The number of hydrogen-bond acceptors (Lipinski definition) is 6. The summed E-state index contributed by atoms with van der Waals surface area (Å²) in [5.41, 5.74) is 0. The number of hydrogen-bond donors (Lipinski definition) is 1. The second-order valence-electron chi connectivity index (χ2n) is 15.7. The van der Waals surface area contributed by atoms with Crippen LogP contribution in [0.5, 0.6) is 0 Å². The van der Waals surface area contributed by atoms with Crippen LogP contribution in [0.25, 0.3) is 0 Å². The lowest BCUT2D eigenvalue weighted by Crippen LogP contribution is -2.41.